The van der Waals surface area contributed by atoms with E-state index in [1.807, 2.05) is 6.92 Å². The molecule has 8 heteroatoms. The average Bonchev–Trinajstić information content (AvgIpc) is 3.17. The number of aliphatic hydroxyl groups is 1. The predicted octanol–water partition coefficient (Wildman–Crippen LogP) is 0.935. The summed E-state index contributed by atoms with van der Waals surface area (Å²) in [6, 6.07) is 4.52. The smallest absolute Gasteiger partial charge is 0.254 e. The quantitative estimate of drug-likeness (QED) is 0.871. The van der Waals surface area contributed by atoms with Crippen molar-refractivity contribution in [2.45, 2.75) is 19.4 Å². The molecule has 3 rings (SSSR count). The first-order valence-corrected chi connectivity index (χ1v) is 8.42. The van der Waals surface area contributed by atoms with Crippen LogP contribution >= 0.6 is 0 Å². The van der Waals surface area contributed by atoms with E-state index in [1.54, 1.807) is 11.0 Å². The summed E-state index contributed by atoms with van der Waals surface area (Å²) in [7, 11) is 0. The van der Waals surface area contributed by atoms with E-state index in [0.29, 0.717) is 31.7 Å². The minimum absolute atomic E-state index is 0.124. The van der Waals surface area contributed by atoms with Crippen molar-refractivity contribution in [3.8, 4) is 5.69 Å². The third-order valence-corrected chi connectivity index (χ3v) is 4.66. The summed E-state index contributed by atoms with van der Waals surface area (Å²) in [6.07, 6.45) is 3.61. The fourth-order valence-electron chi connectivity index (χ4n) is 3.13. The number of amides is 1. The van der Waals surface area contributed by atoms with E-state index in [1.165, 1.54) is 29.5 Å². The zero-order valence-electron chi connectivity index (χ0n) is 14.2. The summed E-state index contributed by atoms with van der Waals surface area (Å²) in [5.41, 5.74) is 0.580. The molecule has 0 radical (unpaired) electrons. The monoisotopic (exact) mass is 347 g/mol. The summed E-state index contributed by atoms with van der Waals surface area (Å²) >= 11 is 0. The number of piperazine rings is 1. The molecule has 1 saturated heterocycles. The van der Waals surface area contributed by atoms with Crippen LogP contribution in [-0.4, -0.2) is 74.4 Å². The number of halogens is 1. The molecule has 1 atom stereocenters. The number of hydrogen-bond acceptors (Lipinski definition) is 5. The zero-order chi connectivity index (χ0) is 17.8. The topological polar surface area (TPSA) is 74.5 Å². The first-order chi connectivity index (χ1) is 12.1. The Balaban J connectivity index is 1.67. The van der Waals surface area contributed by atoms with Crippen LogP contribution in [0.15, 0.2) is 30.9 Å². The van der Waals surface area contributed by atoms with Crippen LogP contribution in [0.3, 0.4) is 0 Å². The molecule has 25 heavy (non-hydrogen) atoms. The summed E-state index contributed by atoms with van der Waals surface area (Å²) in [5, 5.41) is 13.3. The summed E-state index contributed by atoms with van der Waals surface area (Å²) in [5.74, 6) is -0.693. The predicted molar refractivity (Wildman–Crippen MR) is 90.0 cm³/mol. The summed E-state index contributed by atoms with van der Waals surface area (Å²) in [6.45, 7) is 4.73. The minimum atomic E-state index is -0.513. The van der Waals surface area contributed by atoms with Gasteiger partial charge in [0, 0.05) is 37.8 Å². The molecule has 1 aliphatic heterocycles. The van der Waals surface area contributed by atoms with E-state index in [2.05, 4.69) is 15.0 Å². The Morgan fingerprint density at radius 3 is 2.64 bits per heavy atom. The van der Waals surface area contributed by atoms with Gasteiger partial charge in [0.1, 0.15) is 24.2 Å². The van der Waals surface area contributed by atoms with E-state index in [9.17, 15) is 14.3 Å². The normalized spacial score (nSPS) is 16.8. The molecule has 1 aliphatic rings. The number of aromatic nitrogens is 3. The number of nitrogens with zero attached hydrogens (tertiary/aromatic N) is 5. The Labute approximate surface area is 145 Å². The molecule has 0 bridgehead atoms. The van der Waals surface area contributed by atoms with Crippen molar-refractivity contribution in [1.82, 2.24) is 24.6 Å². The maximum atomic E-state index is 14.3. The molecule has 1 aromatic carbocycles. The lowest BCUT2D eigenvalue weighted by atomic mass is 10.1. The molecule has 2 aromatic rings. The van der Waals surface area contributed by atoms with Crippen molar-refractivity contribution in [1.29, 1.82) is 0 Å². The molecule has 2 heterocycles. The first kappa shape index (κ1) is 17.5. The van der Waals surface area contributed by atoms with Crippen LogP contribution in [0, 0.1) is 5.82 Å². The van der Waals surface area contributed by atoms with Crippen LogP contribution in [0.4, 0.5) is 4.39 Å². The van der Waals surface area contributed by atoms with Crippen LogP contribution in [0.2, 0.25) is 0 Å². The standard InChI is InChI=1S/C17H22FN5O2/c1-2-14(10-24)21-5-7-22(8-6-21)17(25)13-3-4-16(15(18)9-13)23-12-19-11-20-23/h3-4,9,11-12,14,24H,2,5-8,10H2,1H3. The molecule has 1 amide bonds. The van der Waals surface area contributed by atoms with Crippen LogP contribution in [-0.2, 0) is 0 Å². The average molecular weight is 347 g/mol. The van der Waals surface area contributed by atoms with Crippen LogP contribution in [0.25, 0.3) is 5.69 Å². The molecule has 1 N–H and O–H groups in total. The summed E-state index contributed by atoms with van der Waals surface area (Å²) in [4.78, 5) is 20.3. The molecular weight excluding hydrogens is 325 g/mol. The second-order valence-electron chi connectivity index (χ2n) is 6.08. The molecule has 1 fully saturated rings. The Hall–Kier alpha value is -2.32. The van der Waals surface area contributed by atoms with Crippen LogP contribution < -0.4 is 0 Å². The fourth-order valence-corrected chi connectivity index (χ4v) is 3.13. The van der Waals surface area contributed by atoms with Gasteiger partial charge in [0.2, 0.25) is 0 Å². The van der Waals surface area contributed by atoms with Crippen LogP contribution in [0.1, 0.15) is 23.7 Å². The van der Waals surface area contributed by atoms with E-state index in [0.717, 1.165) is 6.42 Å². The van der Waals surface area contributed by atoms with Gasteiger partial charge in [0.25, 0.3) is 5.91 Å². The highest BCUT2D eigenvalue weighted by atomic mass is 19.1. The Morgan fingerprint density at radius 2 is 2.08 bits per heavy atom. The third kappa shape index (κ3) is 3.69. The lowest BCUT2D eigenvalue weighted by Crippen LogP contribution is -2.52. The van der Waals surface area contributed by atoms with E-state index in [-0.39, 0.29) is 24.2 Å². The van der Waals surface area contributed by atoms with Gasteiger partial charge in [0.05, 0.1) is 6.61 Å². The lowest BCUT2D eigenvalue weighted by molar-refractivity contribution is 0.0472. The first-order valence-electron chi connectivity index (χ1n) is 8.42. The van der Waals surface area contributed by atoms with Crippen molar-refractivity contribution in [3.63, 3.8) is 0 Å². The Bertz CT molecular complexity index is 710. The molecular formula is C17H22FN5O2. The fraction of sp³-hybridized carbons (Fsp3) is 0.471. The number of aliphatic hydroxyl groups excluding tert-OH is 1. The highest BCUT2D eigenvalue weighted by Gasteiger charge is 2.26. The second-order valence-corrected chi connectivity index (χ2v) is 6.08. The van der Waals surface area contributed by atoms with E-state index >= 15 is 0 Å². The van der Waals surface area contributed by atoms with Crippen molar-refractivity contribution in [3.05, 3.63) is 42.2 Å². The second kappa shape index (κ2) is 7.71. The van der Waals surface area contributed by atoms with Crippen molar-refractivity contribution in [2.75, 3.05) is 32.8 Å². The maximum Gasteiger partial charge on any atom is 0.254 e. The molecule has 0 saturated carbocycles. The highest BCUT2D eigenvalue weighted by molar-refractivity contribution is 5.94. The van der Waals surface area contributed by atoms with Crippen molar-refractivity contribution in [2.24, 2.45) is 0 Å². The number of benzene rings is 1. The summed E-state index contributed by atoms with van der Waals surface area (Å²) < 4.78 is 15.6. The lowest BCUT2D eigenvalue weighted by Gasteiger charge is -2.38. The largest absolute Gasteiger partial charge is 0.395 e. The minimum Gasteiger partial charge on any atom is -0.395 e. The van der Waals surface area contributed by atoms with Gasteiger partial charge in [-0.2, -0.15) is 5.10 Å². The zero-order valence-corrected chi connectivity index (χ0v) is 14.2. The van der Waals surface area contributed by atoms with Crippen molar-refractivity contribution >= 4 is 5.91 Å². The number of carbonyl (C=O) groups excluding carboxylic acids is 1. The Kier molecular flexibility index (Phi) is 5.40. The maximum absolute atomic E-state index is 14.3. The molecule has 0 aliphatic carbocycles. The van der Waals surface area contributed by atoms with Gasteiger partial charge >= 0.3 is 0 Å². The Morgan fingerprint density at radius 1 is 1.32 bits per heavy atom. The van der Waals surface area contributed by atoms with Gasteiger partial charge in [-0.3, -0.25) is 9.69 Å². The van der Waals surface area contributed by atoms with Crippen molar-refractivity contribution < 1.29 is 14.3 Å². The molecule has 134 valence electrons. The van der Waals surface area contributed by atoms with E-state index in [4.69, 9.17) is 0 Å². The number of rotatable bonds is 5. The molecule has 7 nitrogen and oxygen atoms in total. The third-order valence-electron chi connectivity index (χ3n) is 4.66. The van der Waals surface area contributed by atoms with Gasteiger partial charge in [-0.1, -0.05) is 6.92 Å². The SMILES string of the molecule is CCC(CO)N1CCN(C(=O)c2ccc(-n3cncn3)c(F)c2)CC1. The molecule has 1 unspecified atom stereocenters. The molecule has 1 aromatic heterocycles. The van der Waals surface area contributed by atoms with Gasteiger partial charge < -0.3 is 10.0 Å². The van der Waals surface area contributed by atoms with Gasteiger partial charge in [-0.25, -0.2) is 14.1 Å². The van der Waals surface area contributed by atoms with Gasteiger partial charge in [-0.05, 0) is 24.6 Å². The van der Waals surface area contributed by atoms with E-state index < -0.39 is 5.82 Å². The van der Waals surface area contributed by atoms with Gasteiger partial charge in [0.15, 0.2) is 0 Å². The number of hydrogen-bond donors (Lipinski definition) is 1. The van der Waals surface area contributed by atoms with Crippen LogP contribution in [0.5, 0.6) is 0 Å². The van der Waals surface area contributed by atoms with Gasteiger partial charge in [-0.15, -0.1) is 0 Å². The number of carbonyl (C=O) groups is 1. The molecule has 0 spiro atoms. The highest BCUT2D eigenvalue weighted by Crippen LogP contribution is 2.17.